The Morgan fingerprint density at radius 3 is 2.94 bits per heavy atom. The number of halogens is 3. The predicted molar refractivity (Wildman–Crippen MR) is 117 cm³/mol. The highest BCUT2D eigenvalue weighted by molar-refractivity contribution is 5.88. The lowest BCUT2D eigenvalue weighted by Crippen LogP contribution is -2.50. The highest BCUT2D eigenvalue weighted by Crippen LogP contribution is 2.35. The van der Waals surface area contributed by atoms with Crippen molar-refractivity contribution in [3.05, 3.63) is 41.4 Å². The number of nitrogens with zero attached hydrogens (tertiary/aromatic N) is 3. The molecule has 4 rings (SSSR count). The zero-order chi connectivity index (χ0) is 22.7. The van der Waals surface area contributed by atoms with Gasteiger partial charge in [-0.25, -0.2) is 9.97 Å². The van der Waals surface area contributed by atoms with Crippen molar-refractivity contribution >= 4 is 16.9 Å². The second-order valence-electron chi connectivity index (χ2n) is 8.13. The van der Waals surface area contributed by atoms with Crippen LogP contribution in [0.3, 0.4) is 0 Å². The lowest BCUT2D eigenvalue weighted by molar-refractivity contribution is -0.140. The van der Waals surface area contributed by atoms with Crippen LogP contribution in [-0.2, 0) is 10.9 Å². The van der Waals surface area contributed by atoms with Gasteiger partial charge in [0.05, 0.1) is 18.0 Å². The number of hydrogen-bond donors (Lipinski definition) is 2. The summed E-state index contributed by atoms with van der Waals surface area (Å²) in [5.74, 6) is 2.91. The third kappa shape index (κ3) is 4.66. The molecule has 2 aromatic rings. The molecule has 0 amide bonds. The summed E-state index contributed by atoms with van der Waals surface area (Å²) in [5.41, 5.74) is 1.54. The van der Waals surface area contributed by atoms with Gasteiger partial charge >= 0.3 is 6.18 Å². The molecule has 2 N–H and O–H groups in total. The Kier molecular flexibility index (Phi) is 6.53. The maximum Gasteiger partial charge on any atom is 0.431 e. The summed E-state index contributed by atoms with van der Waals surface area (Å²) in [5, 5.41) is 3.75. The van der Waals surface area contributed by atoms with Crippen LogP contribution < -0.4 is 5.32 Å². The molecule has 2 aliphatic rings. The van der Waals surface area contributed by atoms with Gasteiger partial charge in [0, 0.05) is 25.7 Å². The molecule has 1 saturated heterocycles. The van der Waals surface area contributed by atoms with E-state index in [0.717, 1.165) is 50.6 Å². The van der Waals surface area contributed by atoms with Crippen LogP contribution in [0.2, 0.25) is 0 Å². The lowest BCUT2D eigenvalue weighted by Gasteiger charge is -2.41. The molecule has 0 aromatic carbocycles. The molecule has 3 heterocycles. The van der Waals surface area contributed by atoms with E-state index in [0.29, 0.717) is 17.8 Å². The van der Waals surface area contributed by atoms with E-state index in [9.17, 15) is 13.2 Å². The van der Waals surface area contributed by atoms with Crippen LogP contribution in [0.5, 0.6) is 0 Å². The van der Waals surface area contributed by atoms with Crippen LogP contribution in [0, 0.1) is 12.3 Å². The van der Waals surface area contributed by atoms with Crippen molar-refractivity contribution in [2.75, 3.05) is 31.6 Å². The summed E-state index contributed by atoms with van der Waals surface area (Å²) in [4.78, 5) is 13.0. The Balaban J connectivity index is 1.74. The molecule has 9 heteroatoms. The van der Waals surface area contributed by atoms with Gasteiger partial charge < -0.3 is 15.0 Å². The van der Waals surface area contributed by atoms with E-state index in [1.807, 2.05) is 6.08 Å². The van der Waals surface area contributed by atoms with Crippen molar-refractivity contribution in [2.45, 2.75) is 44.4 Å². The maximum absolute atomic E-state index is 13.3. The molecule has 1 aliphatic carbocycles. The molecule has 2 atom stereocenters. The molecule has 0 bridgehead atoms. The average Bonchev–Trinajstić information content (AvgIpc) is 3.04. The summed E-state index contributed by atoms with van der Waals surface area (Å²) in [6, 6.07) is 1.00. The number of H-pyrrole nitrogens is 1. The molecule has 32 heavy (non-hydrogen) atoms. The molecular formula is C23H26F3N5O. The first-order valence-electron chi connectivity index (χ1n) is 10.7. The molecule has 0 radical (unpaired) electrons. The van der Waals surface area contributed by atoms with E-state index in [-0.39, 0.29) is 17.7 Å². The van der Waals surface area contributed by atoms with Gasteiger partial charge in [0.25, 0.3) is 0 Å². The number of terminal acetylenes is 1. The summed E-state index contributed by atoms with van der Waals surface area (Å²) in [6.07, 6.45) is 8.61. The molecule has 0 spiro atoms. The van der Waals surface area contributed by atoms with Crippen LogP contribution in [0.25, 0.3) is 11.0 Å². The minimum atomic E-state index is -4.49. The third-order valence-corrected chi connectivity index (χ3v) is 6.14. The van der Waals surface area contributed by atoms with E-state index in [1.165, 1.54) is 11.9 Å². The smallest absolute Gasteiger partial charge is 0.380 e. The number of anilines is 1. The molecule has 170 valence electrons. The van der Waals surface area contributed by atoms with Crippen LogP contribution in [0.1, 0.15) is 31.9 Å². The fourth-order valence-corrected chi connectivity index (χ4v) is 4.55. The molecule has 1 fully saturated rings. The Labute approximate surface area is 184 Å². The van der Waals surface area contributed by atoms with E-state index >= 15 is 0 Å². The zero-order valence-corrected chi connectivity index (χ0v) is 17.9. The lowest BCUT2D eigenvalue weighted by atomic mass is 9.83. The van der Waals surface area contributed by atoms with Crippen molar-refractivity contribution < 1.29 is 17.9 Å². The van der Waals surface area contributed by atoms with Crippen molar-refractivity contribution in [3.63, 3.8) is 0 Å². The van der Waals surface area contributed by atoms with Crippen LogP contribution in [-0.4, -0.2) is 58.2 Å². The van der Waals surface area contributed by atoms with Gasteiger partial charge in [0.15, 0.2) is 0 Å². The largest absolute Gasteiger partial charge is 0.431 e. The first-order valence-corrected chi connectivity index (χ1v) is 10.7. The molecular weight excluding hydrogens is 419 g/mol. The monoisotopic (exact) mass is 445 g/mol. The summed E-state index contributed by atoms with van der Waals surface area (Å²) in [7, 11) is 0. The Morgan fingerprint density at radius 1 is 1.31 bits per heavy atom. The number of nitrogens with one attached hydrogen (secondary N) is 2. The number of allylic oxidation sites excluding steroid dienone is 2. The topological polar surface area (TPSA) is 66.1 Å². The number of fused-ring (bicyclic) bond motifs is 1. The zero-order valence-electron chi connectivity index (χ0n) is 17.9. The van der Waals surface area contributed by atoms with E-state index < -0.39 is 11.9 Å². The van der Waals surface area contributed by atoms with Gasteiger partial charge in [0.2, 0.25) is 0 Å². The first kappa shape index (κ1) is 22.4. The van der Waals surface area contributed by atoms with Gasteiger partial charge in [-0.15, -0.1) is 6.42 Å². The highest BCUT2D eigenvalue weighted by atomic mass is 19.4. The molecule has 6 nitrogen and oxygen atoms in total. The van der Waals surface area contributed by atoms with Gasteiger partial charge in [0.1, 0.15) is 23.5 Å². The number of rotatable bonds is 4. The second kappa shape index (κ2) is 9.35. The summed E-state index contributed by atoms with van der Waals surface area (Å²) < 4.78 is 45.4. The molecule has 0 saturated carbocycles. The SMILES string of the molecule is C#C/C=C\C1=C(C)CCC(N2CCCOCC2)C1Nc1ncnc2[nH]c(C(F)(F)F)cc12. The maximum atomic E-state index is 13.3. The average molecular weight is 445 g/mol. The van der Waals surface area contributed by atoms with E-state index in [1.54, 1.807) is 6.08 Å². The molecule has 1 aliphatic heterocycles. The number of aromatic amines is 1. The summed E-state index contributed by atoms with van der Waals surface area (Å²) >= 11 is 0. The number of alkyl halides is 3. The second-order valence-corrected chi connectivity index (χ2v) is 8.13. The molecule has 2 unspecified atom stereocenters. The van der Waals surface area contributed by atoms with Gasteiger partial charge in [-0.2, -0.15) is 13.2 Å². The minimum absolute atomic E-state index is 0.129. The van der Waals surface area contributed by atoms with Gasteiger partial charge in [-0.05, 0) is 50.0 Å². The highest BCUT2D eigenvalue weighted by Gasteiger charge is 2.36. The van der Waals surface area contributed by atoms with Crippen LogP contribution in [0.15, 0.2) is 35.7 Å². The van der Waals surface area contributed by atoms with Crippen LogP contribution >= 0.6 is 0 Å². The standard InChI is InChI=1S/C23H26F3N5O/c1-3-4-6-16-15(2)7-8-18(31-9-5-11-32-12-10-31)20(16)30-22-17-13-19(23(24,25)26)29-21(17)27-14-28-22/h1,4,6,13-14,18,20H,5,7-12H2,2H3,(H2,27,28,29,30)/b6-4-. The van der Waals surface area contributed by atoms with Gasteiger partial charge in [-0.3, -0.25) is 4.90 Å². The van der Waals surface area contributed by atoms with Crippen molar-refractivity contribution in [1.29, 1.82) is 0 Å². The van der Waals surface area contributed by atoms with Crippen molar-refractivity contribution in [2.24, 2.45) is 0 Å². The normalized spacial score (nSPS) is 23.5. The Hall–Kier alpha value is -2.83. The summed E-state index contributed by atoms with van der Waals surface area (Å²) in [6.45, 7) is 5.16. The Bertz CT molecular complexity index is 1060. The number of ether oxygens (including phenoxy) is 1. The number of aromatic nitrogens is 3. The van der Waals surface area contributed by atoms with Crippen molar-refractivity contribution in [3.8, 4) is 12.3 Å². The Morgan fingerprint density at radius 2 is 2.16 bits per heavy atom. The first-order chi connectivity index (χ1) is 15.4. The fraction of sp³-hybridized carbons (Fsp3) is 0.478. The van der Waals surface area contributed by atoms with E-state index in [4.69, 9.17) is 11.2 Å². The fourth-order valence-electron chi connectivity index (χ4n) is 4.55. The number of hydrogen-bond acceptors (Lipinski definition) is 5. The van der Waals surface area contributed by atoms with Gasteiger partial charge in [-0.1, -0.05) is 11.5 Å². The minimum Gasteiger partial charge on any atom is -0.380 e. The van der Waals surface area contributed by atoms with Crippen LogP contribution in [0.4, 0.5) is 19.0 Å². The quantitative estimate of drug-likeness (QED) is 0.693. The van der Waals surface area contributed by atoms with E-state index in [2.05, 4.69) is 38.0 Å². The van der Waals surface area contributed by atoms with Crippen molar-refractivity contribution in [1.82, 2.24) is 19.9 Å². The third-order valence-electron chi connectivity index (χ3n) is 6.14. The predicted octanol–water partition coefficient (Wildman–Crippen LogP) is 4.15. The molecule has 2 aromatic heterocycles.